The van der Waals surface area contributed by atoms with Gasteiger partial charge in [0.05, 0.1) is 0 Å². The van der Waals surface area contributed by atoms with Crippen molar-refractivity contribution in [2.45, 2.75) is 51.5 Å². The third-order valence-corrected chi connectivity index (χ3v) is 3.73. The first-order chi connectivity index (χ1) is 11.1. The second-order valence-electron chi connectivity index (χ2n) is 6.83. The summed E-state index contributed by atoms with van der Waals surface area (Å²) in [5, 5.41) is 0. The first-order valence-electron chi connectivity index (χ1n) is 7.88. The summed E-state index contributed by atoms with van der Waals surface area (Å²) in [7, 11) is 0. The highest BCUT2D eigenvalue weighted by atomic mass is 19.4. The van der Waals surface area contributed by atoms with Gasteiger partial charge in [-0.25, -0.2) is 4.79 Å². The molecule has 0 N–H and O–H groups in total. The maximum Gasteiger partial charge on any atom is 0.573 e. The molecule has 1 aromatic rings. The molecule has 0 unspecified atom stereocenters. The molecule has 1 saturated heterocycles. The Labute approximate surface area is 139 Å². The Bertz CT molecular complexity index is 573. The number of amides is 1. The maximum atomic E-state index is 12.5. The molecule has 0 spiro atoms. The SMILES string of the molecule is CC(C)(C)OC(=O)N1CCC(c2ccccc2OC(F)(F)F)CC1. The Kier molecular flexibility index (Phi) is 5.30. The van der Waals surface area contributed by atoms with E-state index in [2.05, 4.69) is 4.74 Å². The third-order valence-electron chi connectivity index (χ3n) is 3.73. The molecule has 1 aromatic carbocycles. The number of benzene rings is 1. The van der Waals surface area contributed by atoms with Gasteiger partial charge in [-0.1, -0.05) is 18.2 Å². The van der Waals surface area contributed by atoms with Crippen LogP contribution in [0.25, 0.3) is 0 Å². The van der Waals surface area contributed by atoms with E-state index in [9.17, 15) is 18.0 Å². The Balaban J connectivity index is 2.01. The van der Waals surface area contributed by atoms with Crippen molar-refractivity contribution in [3.05, 3.63) is 29.8 Å². The highest BCUT2D eigenvalue weighted by Gasteiger charge is 2.34. The first kappa shape index (κ1) is 18.4. The Hall–Kier alpha value is -1.92. The quantitative estimate of drug-likeness (QED) is 0.780. The molecule has 0 saturated carbocycles. The van der Waals surface area contributed by atoms with Gasteiger partial charge in [-0.15, -0.1) is 13.2 Å². The van der Waals surface area contributed by atoms with Crippen LogP contribution in [0.1, 0.15) is 45.1 Å². The highest BCUT2D eigenvalue weighted by molar-refractivity contribution is 5.68. The molecule has 2 rings (SSSR count). The molecule has 0 radical (unpaired) electrons. The lowest BCUT2D eigenvalue weighted by molar-refractivity contribution is -0.275. The summed E-state index contributed by atoms with van der Waals surface area (Å²) in [5.74, 6) is -0.247. The average molecular weight is 345 g/mol. The van der Waals surface area contributed by atoms with Crippen molar-refractivity contribution in [1.82, 2.24) is 4.90 Å². The number of carbonyl (C=O) groups is 1. The van der Waals surface area contributed by atoms with E-state index in [0.717, 1.165) is 0 Å². The molecule has 1 amide bonds. The van der Waals surface area contributed by atoms with Gasteiger partial charge in [0, 0.05) is 13.1 Å². The van der Waals surface area contributed by atoms with Crippen molar-refractivity contribution >= 4 is 6.09 Å². The second kappa shape index (κ2) is 6.91. The molecule has 0 bridgehead atoms. The van der Waals surface area contributed by atoms with Gasteiger partial charge in [0.2, 0.25) is 0 Å². The predicted octanol–water partition coefficient (Wildman–Crippen LogP) is 4.70. The Morgan fingerprint density at radius 2 is 1.71 bits per heavy atom. The van der Waals surface area contributed by atoms with Crippen molar-refractivity contribution in [2.75, 3.05) is 13.1 Å². The number of carbonyl (C=O) groups excluding carboxylic acids is 1. The summed E-state index contributed by atoms with van der Waals surface area (Å²) in [6.45, 7) is 6.27. The molecule has 24 heavy (non-hydrogen) atoms. The normalized spacial score (nSPS) is 16.8. The molecule has 134 valence electrons. The molecule has 1 aliphatic heterocycles. The molecular weight excluding hydrogens is 323 g/mol. The molecule has 1 aliphatic rings. The summed E-state index contributed by atoms with van der Waals surface area (Å²) in [6.07, 6.45) is -3.97. The van der Waals surface area contributed by atoms with Crippen LogP contribution in [0, 0.1) is 0 Å². The van der Waals surface area contributed by atoms with Crippen LogP contribution in [0.2, 0.25) is 0 Å². The molecular formula is C17H22F3NO3. The molecule has 1 heterocycles. The minimum Gasteiger partial charge on any atom is -0.444 e. The smallest absolute Gasteiger partial charge is 0.444 e. The minimum atomic E-state index is -4.71. The van der Waals surface area contributed by atoms with Crippen LogP contribution in [0.5, 0.6) is 5.75 Å². The van der Waals surface area contributed by atoms with Crippen LogP contribution in [0.15, 0.2) is 24.3 Å². The van der Waals surface area contributed by atoms with Gasteiger partial charge >= 0.3 is 12.5 Å². The number of hydrogen-bond acceptors (Lipinski definition) is 3. The molecule has 7 heteroatoms. The fraction of sp³-hybridized carbons (Fsp3) is 0.588. The first-order valence-corrected chi connectivity index (χ1v) is 7.88. The molecule has 0 aliphatic carbocycles. The third kappa shape index (κ3) is 5.32. The highest BCUT2D eigenvalue weighted by Crippen LogP contribution is 2.36. The van der Waals surface area contributed by atoms with Gasteiger partial charge in [0.1, 0.15) is 11.4 Å². The van der Waals surface area contributed by atoms with E-state index in [0.29, 0.717) is 31.5 Å². The van der Waals surface area contributed by atoms with Crippen LogP contribution < -0.4 is 4.74 Å². The van der Waals surface area contributed by atoms with Crippen LogP contribution in [0.4, 0.5) is 18.0 Å². The summed E-state index contributed by atoms with van der Waals surface area (Å²) < 4.78 is 47.0. The van der Waals surface area contributed by atoms with Crippen LogP contribution in [0.3, 0.4) is 0 Å². The van der Waals surface area contributed by atoms with E-state index >= 15 is 0 Å². The van der Waals surface area contributed by atoms with Gasteiger partial charge in [0.15, 0.2) is 0 Å². The largest absolute Gasteiger partial charge is 0.573 e. The van der Waals surface area contributed by atoms with E-state index in [4.69, 9.17) is 4.74 Å². The fourth-order valence-corrected chi connectivity index (χ4v) is 2.73. The number of para-hydroxylation sites is 1. The van der Waals surface area contributed by atoms with Crippen molar-refractivity contribution in [3.63, 3.8) is 0 Å². The van der Waals surface area contributed by atoms with Crippen molar-refractivity contribution in [3.8, 4) is 5.75 Å². The Morgan fingerprint density at radius 3 is 2.25 bits per heavy atom. The van der Waals surface area contributed by atoms with E-state index in [1.54, 1.807) is 37.8 Å². The fourth-order valence-electron chi connectivity index (χ4n) is 2.73. The van der Waals surface area contributed by atoms with E-state index in [1.807, 2.05) is 0 Å². The topological polar surface area (TPSA) is 38.8 Å². The number of ether oxygens (including phenoxy) is 2. The van der Waals surface area contributed by atoms with Gasteiger partial charge in [-0.05, 0) is 51.2 Å². The standard InChI is InChI=1S/C17H22F3NO3/c1-16(2,3)24-15(22)21-10-8-12(9-11-21)13-6-4-5-7-14(13)23-17(18,19)20/h4-7,12H,8-11H2,1-3H3. The summed E-state index contributed by atoms with van der Waals surface area (Å²) in [6, 6.07) is 6.18. The molecule has 0 atom stereocenters. The number of halogens is 3. The van der Waals surface area contributed by atoms with Gasteiger partial charge < -0.3 is 14.4 Å². The molecule has 0 aromatic heterocycles. The number of hydrogen-bond donors (Lipinski definition) is 0. The van der Waals surface area contributed by atoms with Crippen molar-refractivity contribution in [1.29, 1.82) is 0 Å². The lowest BCUT2D eigenvalue weighted by atomic mass is 9.89. The second-order valence-corrected chi connectivity index (χ2v) is 6.83. The lowest BCUT2D eigenvalue weighted by Crippen LogP contribution is -2.41. The minimum absolute atomic E-state index is 0.0813. The maximum absolute atomic E-state index is 12.5. The van der Waals surface area contributed by atoms with Crippen molar-refractivity contribution < 1.29 is 27.4 Å². The van der Waals surface area contributed by atoms with E-state index in [1.165, 1.54) is 12.1 Å². The zero-order chi connectivity index (χ0) is 18.0. The summed E-state index contributed by atoms with van der Waals surface area (Å²) >= 11 is 0. The number of rotatable bonds is 2. The van der Waals surface area contributed by atoms with Gasteiger partial charge in [0.25, 0.3) is 0 Å². The Morgan fingerprint density at radius 1 is 1.12 bits per heavy atom. The number of piperidine rings is 1. The van der Waals surface area contributed by atoms with Crippen LogP contribution in [-0.4, -0.2) is 36.0 Å². The number of nitrogens with zero attached hydrogens (tertiary/aromatic N) is 1. The monoisotopic (exact) mass is 345 g/mol. The molecule has 4 nitrogen and oxygen atoms in total. The lowest BCUT2D eigenvalue weighted by Gasteiger charge is -2.34. The average Bonchev–Trinajstić information content (AvgIpc) is 2.44. The van der Waals surface area contributed by atoms with Crippen LogP contribution >= 0.6 is 0 Å². The predicted molar refractivity (Wildman–Crippen MR) is 82.9 cm³/mol. The van der Waals surface area contributed by atoms with Crippen molar-refractivity contribution in [2.24, 2.45) is 0 Å². The van der Waals surface area contributed by atoms with Gasteiger partial charge in [-0.2, -0.15) is 0 Å². The summed E-state index contributed by atoms with van der Waals surface area (Å²) in [4.78, 5) is 13.6. The summed E-state index contributed by atoms with van der Waals surface area (Å²) in [5.41, 5.74) is -0.0418. The molecule has 1 fully saturated rings. The van der Waals surface area contributed by atoms with Crippen LogP contribution in [-0.2, 0) is 4.74 Å². The van der Waals surface area contributed by atoms with E-state index in [-0.39, 0.29) is 17.8 Å². The number of alkyl halides is 3. The zero-order valence-electron chi connectivity index (χ0n) is 14.0. The zero-order valence-corrected chi connectivity index (χ0v) is 14.0. The van der Waals surface area contributed by atoms with Gasteiger partial charge in [-0.3, -0.25) is 0 Å². The number of likely N-dealkylation sites (tertiary alicyclic amines) is 1. The van der Waals surface area contributed by atoms with E-state index < -0.39 is 12.0 Å².